The molecule has 0 saturated carbocycles. The number of aryl methyl sites for hydroxylation is 2. The summed E-state index contributed by atoms with van der Waals surface area (Å²) in [4.78, 5) is 25.3. The highest BCUT2D eigenvalue weighted by molar-refractivity contribution is 7.98. The molecule has 2 aliphatic heterocycles. The highest BCUT2D eigenvalue weighted by Crippen LogP contribution is 2.44. The van der Waals surface area contributed by atoms with E-state index in [9.17, 15) is 25.5 Å². The Morgan fingerprint density at radius 1 is 0.430 bits per heavy atom. The Labute approximate surface area is 728 Å². The van der Waals surface area contributed by atoms with Gasteiger partial charge >= 0.3 is 0 Å². The Morgan fingerprint density at radius 3 is 1.24 bits per heavy atom. The van der Waals surface area contributed by atoms with Gasteiger partial charge in [-0.1, -0.05) is 239 Å². The molecule has 0 bridgehead atoms. The highest BCUT2D eigenvalue weighted by atomic mass is 32.2. The molecule has 1 atom stereocenters. The van der Waals surface area contributed by atoms with Crippen LogP contribution >= 0.6 is 11.8 Å². The first kappa shape index (κ1) is 98.1. The molecule has 0 amide bonds. The van der Waals surface area contributed by atoms with Gasteiger partial charge in [0.25, 0.3) is 0 Å². The van der Waals surface area contributed by atoms with E-state index >= 15 is 0 Å². The number of phenols is 5. The summed E-state index contributed by atoms with van der Waals surface area (Å²) in [5.41, 5.74) is 16.2. The predicted octanol–water partition coefficient (Wildman–Crippen LogP) is 26.2. The molecule has 1 unspecified atom stereocenters. The molecule has 0 spiro atoms. The third-order valence-electron chi connectivity index (χ3n) is 20.6. The minimum Gasteiger partial charge on any atom is -0.507 e. The first-order valence-corrected chi connectivity index (χ1v) is 43.2. The third kappa shape index (κ3) is 29.1. The number of para-hydroxylation sites is 4. The van der Waals surface area contributed by atoms with Gasteiger partial charge in [-0.25, -0.2) is 4.98 Å². The van der Waals surface area contributed by atoms with Crippen LogP contribution in [-0.2, 0) is 57.5 Å². The molecule has 121 heavy (non-hydrogen) atoms. The number of ether oxygens (including phenoxy) is 4. The van der Waals surface area contributed by atoms with Crippen LogP contribution in [0.2, 0.25) is 0 Å². The van der Waals surface area contributed by atoms with Crippen LogP contribution in [0.15, 0.2) is 193 Å². The fourth-order valence-electron chi connectivity index (χ4n) is 13.0. The summed E-state index contributed by atoms with van der Waals surface area (Å²) in [7, 11) is 3.81. The topological polar surface area (TPSA) is 228 Å². The van der Waals surface area contributed by atoms with E-state index in [0.717, 1.165) is 91.5 Å². The summed E-state index contributed by atoms with van der Waals surface area (Å²) in [5, 5.41) is 60.9. The average molecular weight is 1660 g/mol. The lowest BCUT2D eigenvalue weighted by Gasteiger charge is -2.27. The summed E-state index contributed by atoms with van der Waals surface area (Å²) in [5.74, 6) is 3.40. The van der Waals surface area contributed by atoms with Gasteiger partial charge in [0.1, 0.15) is 45.9 Å². The number of thioether (sulfide) groups is 1. The van der Waals surface area contributed by atoms with E-state index in [1.807, 2.05) is 136 Å². The maximum absolute atomic E-state index is 11.0. The van der Waals surface area contributed by atoms with E-state index in [-0.39, 0.29) is 67.2 Å². The summed E-state index contributed by atoms with van der Waals surface area (Å²) in [6.07, 6.45) is 12.9. The number of phenolic OH excluding ortho intramolecular Hbond substituents is 5. The van der Waals surface area contributed by atoms with Gasteiger partial charge in [0.05, 0.1) is 38.1 Å². The molecule has 11 rings (SSSR count). The minimum atomic E-state index is -0.263. The van der Waals surface area contributed by atoms with Crippen molar-refractivity contribution < 1.29 is 44.5 Å². The first-order valence-electron chi connectivity index (χ1n) is 42.0. The maximum atomic E-state index is 11.0. The molecule has 3 heterocycles. The van der Waals surface area contributed by atoms with Crippen molar-refractivity contribution >= 4 is 65.2 Å². The van der Waals surface area contributed by atoms with Crippen molar-refractivity contribution in [1.29, 1.82) is 0 Å². The van der Waals surface area contributed by atoms with Gasteiger partial charge in [-0.15, -0.1) is 22.0 Å². The van der Waals surface area contributed by atoms with Crippen LogP contribution in [0.3, 0.4) is 0 Å². The largest absolute Gasteiger partial charge is 0.507 e. The lowest BCUT2D eigenvalue weighted by Crippen LogP contribution is -2.17. The van der Waals surface area contributed by atoms with Gasteiger partial charge in [0.15, 0.2) is 17.9 Å². The number of hydrogen-bond donors (Lipinski definition) is 5. The Bertz CT molecular complexity index is 4950. The third-order valence-corrected chi connectivity index (χ3v) is 21.4. The van der Waals surface area contributed by atoms with E-state index < -0.39 is 0 Å². The monoisotopic (exact) mass is 1660 g/mol. The zero-order valence-corrected chi connectivity index (χ0v) is 78.6. The van der Waals surface area contributed by atoms with Crippen molar-refractivity contribution in [2.24, 2.45) is 30.2 Å². The van der Waals surface area contributed by atoms with Crippen molar-refractivity contribution in [1.82, 2.24) is 4.98 Å². The number of aromatic nitrogens is 1. The zero-order valence-electron chi connectivity index (χ0n) is 77.8. The summed E-state index contributed by atoms with van der Waals surface area (Å²) in [6.45, 7) is 58.9. The van der Waals surface area contributed by atoms with E-state index in [4.69, 9.17) is 23.9 Å². The highest BCUT2D eigenvalue weighted by Gasteiger charge is 2.30. The zero-order chi connectivity index (χ0) is 90.0. The van der Waals surface area contributed by atoms with Crippen LogP contribution in [0.1, 0.15) is 257 Å². The minimum absolute atomic E-state index is 0.00741. The number of aliphatic imine (C=N–C) groups is 4. The quantitative estimate of drug-likeness (QED) is 0.0346. The van der Waals surface area contributed by atoms with Crippen molar-refractivity contribution in [2.75, 3.05) is 58.2 Å². The molecule has 9 aromatic rings. The van der Waals surface area contributed by atoms with Crippen LogP contribution in [0.25, 0.3) is 0 Å². The molecule has 8 aromatic carbocycles. The smallest absolute Gasteiger partial charge is 0.177 e. The van der Waals surface area contributed by atoms with Crippen LogP contribution in [-0.4, -0.2) is 121 Å². The second-order valence-electron chi connectivity index (χ2n) is 39.6. The molecule has 18 heteroatoms. The number of nitrogens with zero attached hydrogens (tertiary/aromatic N) is 8. The number of pyridine rings is 1. The molecular weight excluding hydrogens is 1530 g/mol. The van der Waals surface area contributed by atoms with Gasteiger partial charge in [0, 0.05) is 113 Å². The lowest BCUT2D eigenvalue weighted by molar-refractivity contribution is -0.0325. The Morgan fingerprint density at radius 2 is 0.843 bits per heavy atom. The molecule has 0 aliphatic carbocycles. The lowest BCUT2D eigenvalue weighted by atomic mass is 9.79. The number of anilines is 1. The van der Waals surface area contributed by atoms with E-state index in [2.05, 4.69) is 239 Å². The van der Waals surface area contributed by atoms with Crippen LogP contribution in [0, 0.1) is 13.8 Å². The van der Waals surface area contributed by atoms with Crippen molar-refractivity contribution in [3.63, 3.8) is 0 Å². The van der Waals surface area contributed by atoms with Crippen molar-refractivity contribution in [3.05, 3.63) is 236 Å². The number of benzene rings is 8. The number of rotatable bonds is 16. The Balaban J connectivity index is 0.000000211. The number of hydrogen-bond acceptors (Lipinski definition) is 18. The van der Waals surface area contributed by atoms with Gasteiger partial charge in [-0.2, -0.15) is 0 Å². The molecule has 2 fully saturated rings. The van der Waals surface area contributed by atoms with Crippen LogP contribution in [0.5, 0.6) is 40.2 Å². The van der Waals surface area contributed by atoms with Crippen LogP contribution < -0.4 is 9.64 Å². The van der Waals surface area contributed by atoms with Gasteiger partial charge < -0.3 is 49.4 Å². The van der Waals surface area contributed by atoms with Gasteiger partial charge in [-0.3, -0.25) is 20.0 Å². The second-order valence-corrected chi connectivity index (χ2v) is 40.4. The fourth-order valence-corrected chi connectivity index (χ4v) is 13.5. The molecule has 17 nitrogen and oxygen atoms in total. The molecule has 5 N–H and O–H groups in total. The molecule has 2 saturated heterocycles. The normalized spacial score (nSPS) is 14.5. The molecule has 0 radical (unpaired) electrons. The Kier molecular flexibility index (Phi) is 33.8. The SMILES string of the molecule is CC(C)(C)c1cc(C=NCC2CCCO2)c(O)c(C(C)(C)C)c1.CC(C)(C)c1cc(C=NCC2OCCO2)c(O)c(C(C)(C)C)c1.CN(C)c1ccc(N=Nc2ccccn2)c(O)c1.CSc1ccccc1N=Cc1cc(C(C)(C)C)cc(C(C)(C)C)c1O.Cc1cccc(C)c1Oc1ccccc1N=Cc1cc(C(C)(C)C)cc(C(C)(C)C)c1O. The van der Waals surface area contributed by atoms with E-state index in [1.54, 1.807) is 54.8 Å². The Hall–Kier alpha value is -9.98. The maximum Gasteiger partial charge on any atom is 0.177 e. The summed E-state index contributed by atoms with van der Waals surface area (Å²) < 4.78 is 22.6. The first-order chi connectivity index (χ1) is 56.3. The predicted molar refractivity (Wildman–Crippen MR) is 508 cm³/mol. The molecule has 1 aromatic heterocycles. The standard InChI is InChI=1S/C29H35NO2.C22H29NOS.C20H31NO2.C19H29NO3.C13H14N4O/c1-19-12-11-13-20(2)27(19)32-25-15-10-9-14-24(25)30-18-21-16-22(28(3,4)5)17-23(26(21)31)29(6,7)8;1-21(2,3)16-12-15(20(24)17(13-16)22(4,5)6)14-23-18-10-8-9-11-19(18)25-7;1-19(2,3)15-10-14(12-21-13-16-8-7-9-23-16)18(22)17(11-15)20(4,5)6;1-18(2,3)14-9-13(11-20-12-16-22-7-8-23-16)17(21)15(10-14)19(4,5)6;1-17(2)10-6-7-11(12(18)9-10)15-16-13-5-3-4-8-14-13/h9-18,31H,1-8H3;8-14,24H,1-7H3;10-12,16,22H,7-9,13H2,1-6H3;9-11,16,21H,7-8,12H2,1-6H3;3-9,18H,1-2H3. The van der Waals surface area contributed by atoms with Crippen molar-refractivity contribution in [2.45, 2.75) is 253 Å². The van der Waals surface area contributed by atoms with Gasteiger partial charge in [-0.05, 0) is 182 Å². The van der Waals surface area contributed by atoms with Crippen molar-refractivity contribution in [3.8, 4) is 40.2 Å². The summed E-state index contributed by atoms with van der Waals surface area (Å²) >= 11 is 1.67. The van der Waals surface area contributed by atoms with E-state index in [0.29, 0.717) is 72.1 Å². The van der Waals surface area contributed by atoms with Crippen LogP contribution in [0.4, 0.5) is 28.6 Å². The second kappa shape index (κ2) is 41.7. The fraction of sp³-hybridized carbons (Fsp3) is 0.447. The van der Waals surface area contributed by atoms with E-state index in [1.165, 1.54) is 22.3 Å². The summed E-state index contributed by atoms with van der Waals surface area (Å²) in [6, 6.07) is 49.1. The molecule has 650 valence electrons. The number of aromatic hydroxyl groups is 5. The van der Waals surface area contributed by atoms with Gasteiger partial charge in [0.2, 0.25) is 0 Å². The molecular formula is C103H138N8O9S. The average Bonchev–Trinajstić information content (AvgIpc) is 1.08. The molecule has 2 aliphatic rings. The number of azo groups is 1.